The van der Waals surface area contributed by atoms with Crippen molar-refractivity contribution in [2.75, 3.05) is 26.4 Å². The molecule has 0 amide bonds. The standard InChI is InChI=1S/C93H180O8.H2O/c1-5-9-13-17-21-25-29-33-37-41-45-49-53-57-61-65-69-73-77-81-89(94)98-85-93(86-99-90(95)82-78-74-70-66-62-58-54-50-46-42-38-34-30-26-22-18-14-10-6-2,87-100-91(96)83-79-75-71-67-63-59-55-51-47-43-39-35-31-27-23-19-15-11-7-3)88-101-92(97)84-80-76-72-68-64-60-56-52-48-44-40-36-32-28-24-20-16-12-8-4;/h5-88H2,1-4H3;1H2. The van der Waals surface area contributed by atoms with E-state index >= 15 is 0 Å². The maximum absolute atomic E-state index is 13.5. The van der Waals surface area contributed by atoms with Crippen molar-refractivity contribution in [1.82, 2.24) is 0 Å². The fourth-order valence-corrected chi connectivity index (χ4v) is 14.9. The van der Waals surface area contributed by atoms with Gasteiger partial charge in [-0.05, 0) is 25.7 Å². The number of carbonyl (C=O) groups is 4. The third-order valence-corrected chi connectivity index (χ3v) is 22.1. The van der Waals surface area contributed by atoms with Crippen LogP contribution in [0.3, 0.4) is 0 Å². The first-order chi connectivity index (χ1) is 49.8. The minimum Gasteiger partial charge on any atom is -0.465 e. The zero-order valence-electron chi connectivity index (χ0n) is 69.7. The molecule has 0 aliphatic heterocycles. The summed E-state index contributed by atoms with van der Waals surface area (Å²) >= 11 is 0. The SMILES string of the molecule is CCCCCCCCCCCCCCCCCCCCCC(=O)OCC(COC(=O)CCCCCCCCCCCCCCCCCCCCC)(COC(=O)CCCCCCCCCCCCCCCCCCCCC)COC(=O)CCCCCCCCCCCCCCCCCCCCC.O. The van der Waals surface area contributed by atoms with E-state index in [1.54, 1.807) is 0 Å². The van der Waals surface area contributed by atoms with Crippen LogP contribution in [0.2, 0.25) is 0 Å². The van der Waals surface area contributed by atoms with Crippen molar-refractivity contribution < 1.29 is 43.6 Å². The molecule has 0 aliphatic rings. The Morgan fingerprint density at radius 1 is 0.157 bits per heavy atom. The van der Waals surface area contributed by atoms with Crippen molar-refractivity contribution in [3.63, 3.8) is 0 Å². The van der Waals surface area contributed by atoms with Crippen molar-refractivity contribution >= 4 is 23.9 Å². The molecule has 0 saturated heterocycles. The van der Waals surface area contributed by atoms with E-state index in [-0.39, 0.29) is 55.8 Å². The molecule has 0 saturated carbocycles. The maximum atomic E-state index is 13.5. The van der Waals surface area contributed by atoms with Gasteiger partial charge in [0.05, 0.1) is 0 Å². The van der Waals surface area contributed by atoms with E-state index in [2.05, 4.69) is 27.7 Å². The van der Waals surface area contributed by atoms with E-state index in [1.165, 1.54) is 411 Å². The van der Waals surface area contributed by atoms with Gasteiger partial charge in [0.1, 0.15) is 31.8 Å². The van der Waals surface area contributed by atoms with Gasteiger partial charge < -0.3 is 24.4 Å². The summed E-state index contributed by atoms with van der Waals surface area (Å²) in [5.74, 6) is -1.27. The maximum Gasteiger partial charge on any atom is 0.305 e. The number of ether oxygens (including phenoxy) is 4. The van der Waals surface area contributed by atoms with Crippen LogP contribution in [0.25, 0.3) is 0 Å². The van der Waals surface area contributed by atoms with E-state index in [4.69, 9.17) is 18.9 Å². The first kappa shape index (κ1) is 102. The summed E-state index contributed by atoms with van der Waals surface area (Å²) in [7, 11) is 0. The third kappa shape index (κ3) is 81.9. The molecule has 0 aromatic carbocycles. The van der Waals surface area contributed by atoms with Crippen LogP contribution in [-0.2, 0) is 38.1 Å². The Bertz CT molecular complexity index is 1410. The highest BCUT2D eigenvalue weighted by Gasteiger charge is 2.38. The monoisotopic (exact) mass is 1440 g/mol. The fourth-order valence-electron chi connectivity index (χ4n) is 14.9. The highest BCUT2D eigenvalue weighted by molar-refractivity contribution is 5.71. The van der Waals surface area contributed by atoms with Crippen molar-refractivity contribution in [2.45, 2.75) is 541 Å². The van der Waals surface area contributed by atoms with Gasteiger partial charge in [-0.1, -0.05) is 490 Å². The van der Waals surface area contributed by atoms with E-state index in [0.717, 1.165) is 77.0 Å². The number of carbonyl (C=O) groups excluding carboxylic acids is 4. The van der Waals surface area contributed by atoms with Gasteiger partial charge in [-0.2, -0.15) is 0 Å². The van der Waals surface area contributed by atoms with Crippen molar-refractivity contribution in [3.8, 4) is 0 Å². The molecule has 0 radical (unpaired) electrons. The Labute approximate surface area is 637 Å². The average Bonchev–Trinajstić information content (AvgIpc) is 0.862. The fraction of sp³-hybridized carbons (Fsp3) is 0.957. The number of esters is 4. The summed E-state index contributed by atoms with van der Waals surface area (Å²) in [5, 5.41) is 0. The summed E-state index contributed by atoms with van der Waals surface area (Å²) in [6, 6.07) is 0. The summed E-state index contributed by atoms with van der Waals surface area (Å²) in [6.07, 6.45) is 99.6. The molecule has 0 atom stereocenters. The van der Waals surface area contributed by atoms with Gasteiger partial charge in [-0.15, -0.1) is 0 Å². The molecule has 608 valence electrons. The predicted molar refractivity (Wildman–Crippen MR) is 442 cm³/mol. The summed E-state index contributed by atoms with van der Waals surface area (Å²) < 4.78 is 24.2. The molecule has 0 rings (SSSR count). The van der Waals surface area contributed by atoms with Gasteiger partial charge in [0.15, 0.2) is 0 Å². The molecule has 2 N–H and O–H groups in total. The lowest BCUT2D eigenvalue weighted by molar-refractivity contribution is -0.170. The Morgan fingerprint density at radius 2 is 0.245 bits per heavy atom. The molecule has 0 heterocycles. The minimum absolute atomic E-state index is 0. The highest BCUT2D eigenvalue weighted by Crippen LogP contribution is 2.26. The lowest BCUT2D eigenvalue weighted by Crippen LogP contribution is -2.44. The van der Waals surface area contributed by atoms with Gasteiger partial charge in [-0.3, -0.25) is 19.2 Å². The van der Waals surface area contributed by atoms with Gasteiger partial charge in [0.25, 0.3) is 0 Å². The molecule has 0 aliphatic carbocycles. The van der Waals surface area contributed by atoms with E-state index in [0.29, 0.717) is 25.7 Å². The topological polar surface area (TPSA) is 137 Å². The molecular formula is C93H182O9. The van der Waals surface area contributed by atoms with Gasteiger partial charge in [0, 0.05) is 25.7 Å². The minimum atomic E-state index is -1.21. The molecule has 9 nitrogen and oxygen atoms in total. The number of hydrogen-bond donors (Lipinski definition) is 0. The molecule has 0 aromatic heterocycles. The highest BCUT2D eigenvalue weighted by atomic mass is 16.6. The normalized spacial score (nSPS) is 11.6. The average molecular weight is 1440 g/mol. The summed E-state index contributed by atoms with van der Waals surface area (Å²) in [6.45, 7) is 8.54. The Morgan fingerprint density at radius 3 is 0.343 bits per heavy atom. The zero-order chi connectivity index (χ0) is 73.0. The molecule has 102 heavy (non-hydrogen) atoms. The van der Waals surface area contributed by atoms with Gasteiger partial charge >= 0.3 is 23.9 Å². The van der Waals surface area contributed by atoms with E-state index < -0.39 is 5.41 Å². The molecule has 0 unspecified atom stereocenters. The molecule has 9 heteroatoms. The van der Waals surface area contributed by atoms with Crippen LogP contribution in [0.5, 0.6) is 0 Å². The number of unbranched alkanes of at least 4 members (excludes halogenated alkanes) is 72. The summed E-state index contributed by atoms with van der Waals surface area (Å²) in [4.78, 5) is 54.1. The quantitative estimate of drug-likeness (QED) is 0.0334. The van der Waals surface area contributed by atoms with Crippen molar-refractivity contribution in [3.05, 3.63) is 0 Å². The van der Waals surface area contributed by atoms with E-state index in [1.807, 2.05) is 0 Å². The molecule has 0 spiro atoms. The summed E-state index contributed by atoms with van der Waals surface area (Å²) in [5.41, 5.74) is -1.21. The van der Waals surface area contributed by atoms with Crippen molar-refractivity contribution in [2.24, 2.45) is 5.41 Å². The van der Waals surface area contributed by atoms with Gasteiger partial charge in [0.2, 0.25) is 0 Å². The third-order valence-electron chi connectivity index (χ3n) is 22.1. The molecule has 0 bridgehead atoms. The Balaban J connectivity index is 0. The second-order valence-electron chi connectivity index (χ2n) is 32.6. The predicted octanol–water partition coefficient (Wildman–Crippen LogP) is 30.6. The van der Waals surface area contributed by atoms with Crippen LogP contribution in [0.15, 0.2) is 0 Å². The van der Waals surface area contributed by atoms with Crippen LogP contribution in [0.4, 0.5) is 0 Å². The van der Waals surface area contributed by atoms with Crippen LogP contribution >= 0.6 is 0 Å². The number of rotatable bonds is 88. The Hall–Kier alpha value is -2.16. The number of hydrogen-bond acceptors (Lipinski definition) is 8. The smallest absolute Gasteiger partial charge is 0.305 e. The second-order valence-corrected chi connectivity index (χ2v) is 32.6. The van der Waals surface area contributed by atoms with Crippen LogP contribution in [0, 0.1) is 5.41 Å². The first-order valence-corrected chi connectivity index (χ1v) is 46.4. The Kier molecular flexibility index (Phi) is 87.7. The van der Waals surface area contributed by atoms with E-state index in [9.17, 15) is 19.2 Å². The molecule has 0 fully saturated rings. The lowest BCUT2D eigenvalue weighted by Gasteiger charge is -2.31. The zero-order valence-corrected chi connectivity index (χ0v) is 69.7. The van der Waals surface area contributed by atoms with Crippen LogP contribution in [0.1, 0.15) is 541 Å². The van der Waals surface area contributed by atoms with Crippen LogP contribution in [-0.4, -0.2) is 55.8 Å². The largest absolute Gasteiger partial charge is 0.465 e. The van der Waals surface area contributed by atoms with Crippen LogP contribution < -0.4 is 0 Å². The van der Waals surface area contributed by atoms with Crippen molar-refractivity contribution in [1.29, 1.82) is 0 Å². The second kappa shape index (κ2) is 87.7. The molecular weight excluding hydrogens is 1260 g/mol. The van der Waals surface area contributed by atoms with Gasteiger partial charge in [-0.25, -0.2) is 0 Å². The first-order valence-electron chi connectivity index (χ1n) is 46.4. The lowest BCUT2D eigenvalue weighted by atomic mass is 9.92. The molecule has 0 aromatic rings.